The maximum atomic E-state index is 6.23. The first-order valence-electron chi connectivity index (χ1n) is 14.8. The number of hydrogen-bond acceptors (Lipinski definition) is 0. The Morgan fingerprint density at radius 3 is 1.51 bits per heavy atom. The molecule has 0 nitrogen and oxygen atoms in total. The Balaban J connectivity index is 0.000000152. The van der Waals surface area contributed by atoms with Crippen LogP contribution in [-0.4, -0.2) is 17.0 Å². The van der Waals surface area contributed by atoms with E-state index in [4.69, 9.17) is 19.4 Å². The van der Waals surface area contributed by atoms with Crippen LogP contribution in [0.5, 0.6) is 0 Å². The van der Waals surface area contributed by atoms with E-state index in [1.807, 2.05) is 6.07 Å². The van der Waals surface area contributed by atoms with Crippen molar-refractivity contribution in [2.75, 3.05) is 0 Å². The Hall–Kier alpha value is -0.187. The first-order valence-corrected chi connectivity index (χ1v) is 21.9. The fraction of sp³-hybridized carbons (Fsp3) is 0.576. The van der Waals surface area contributed by atoms with Gasteiger partial charge < -0.3 is 0 Å². The van der Waals surface area contributed by atoms with Gasteiger partial charge in [0, 0.05) is 0 Å². The molecule has 2 aromatic rings. The summed E-state index contributed by atoms with van der Waals surface area (Å²) in [5.74, 6) is 0. The molecule has 0 amide bonds. The Kier molecular flexibility index (Phi) is 11.1. The van der Waals surface area contributed by atoms with E-state index >= 15 is 0 Å². The monoisotopic (exact) mass is 643 g/mol. The zero-order valence-electron chi connectivity index (χ0n) is 22.2. The molecule has 3 saturated carbocycles. The summed E-state index contributed by atoms with van der Waals surface area (Å²) in [5.41, 5.74) is 8.61. The summed E-state index contributed by atoms with van der Waals surface area (Å²) in [5, 5.41) is 0. The predicted octanol–water partition coefficient (Wildman–Crippen LogP) is 11.6. The van der Waals surface area contributed by atoms with Crippen LogP contribution in [0.2, 0.25) is 0 Å². The van der Waals surface area contributed by atoms with Crippen LogP contribution >= 0.6 is 27.3 Å². The van der Waals surface area contributed by atoms with Crippen LogP contribution in [0.3, 0.4) is 0 Å². The van der Waals surface area contributed by atoms with E-state index < -0.39 is 14.0 Å². The average Bonchev–Trinajstić information content (AvgIpc) is 3.36. The third kappa shape index (κ3) is 7.32. The van der Waals surface area contributed by atoms with Crippen molar-refractivity contribution >= 4 is 32.9 Å². The number of halogens is 2. The normalized spacial score (nSPS) is 23.7. The Labute approximate surface area is 240 Å². The maximum absolute atomic E-state index is 6.23. The van der Waals surface area contributed by atoms with E-state index in [-0.39, 0.29) is 4.51 Å². The molecule has 0 bridgehead atoms. The zero-order valence-corrected chi connectivity index (χ0v) is 26.4. The Morgan fingerprint density at radius 1 is 0.568 bits per heavy atom. The fourth-order valence-corrected chi connectivity index (χ4v) is 14.9. The topological polar surface area (TPSA) is 0 Å². The molecule has 4 aliphatic carbocycles. The number of fused-ring (bicyclic) bond motifs is 1. The average molecular weight is 644 g/mol. The van der Waals surface area contributed by atoms with Crippen molar-refractivity contribution in [2.45, 2.75) is 118 Å². The van der Waals surface area contributed by atoms with Gasteiger partial charge in [0.1, 0.15) is 0 Å². The van der Waals surface area contributed by atoms with E-state index in [1.54, 1.807) is 77.0 Å². The summed E-state index contributed by atoms with van der Waals surface area (Å²) in [7, 11) is 12.8. The molecule has 0 saturated heterocycles. The first kappa shape index (κ1) is 28.3. The number of rotatable bonds is 5. The van der Waals surface area contributed by atoms with Crippen molar-refractivity contribution in [3.05, 3.63) is 77.4 Å². The van der Waals surface area contributed by atoms with Crippen LogP contribution < -0.4 is 0 Å². The van der Waals surface area contributed by atoms with E-state index in [1.165, 1.54) is 58.5 Å². The molecular weight excluding hydrogens is 599 g/mol. The summed E-state index contributed by atoms with van der Waals surface area (Å²) in [4.78, 5) is 0. The minimum absolute atomic E-state index is 0.226. The number of hydrogen-bond donors (Lipinski definition) is 0. The molecule has 0 radical (unpaired) electrons. The van der Waals surface area contributed by atoms with Crippen LogP contribution in [0.15, 0.2) is 60.7 Å². The van der Waals surface area contributed by atoms with E-state index in [2.05, 4.69) is 54.6 Å². The number of benzene rings is 2. The predicted molar refractivity (Wildman–Crippen MR) is 162 cm³/mol. The number of allylic oxidation sites excluding steroid dienone is 1. The van der Waals surface area contributed by atoms with Gasteiger partial charge in [-0.2, -0.15) is 0 Å². The van der Waals surface area contributed by atoms with Gasteiger partial charge in [-0.3, -0.25) is 0 Å². The molecule has 2 aromatic carbocycles. The van der Waals surface area contributed by atoms with Crippen LogP contribution in [0, 0.1) is 0 Å². The summed E-state index contributed by atoms with van der Waals surface area (Å²) >= 11 is -1.80. The molecule has 0 spiro atoms. The minimum atomic E-state index is -1.80. The van der Waals surface area contributed by atoms with Crippen molar-refractivity contribution < 1.29 is 14.0 Å². The van der Waals surface area contributed by atoms with E-state index in [0.29, 0.717) is 7.92 Å². The van der Waals surface area contributed by atoms with Crippen molar-refractivity contribution in [3.63, 3.8) is 0 Å². The first-order chi connectivity index (χ1) is 18.2. The Bertz CT molecular complexity index is 946. The van der Waals surface area contributed by atoms with Gasteiger partial charge in [0.05, 0.1) is 0 Å². The second-order valence-electron chi connectivity index (χ2n) is 11.4. The quantitative estimate of drug-likeness (QED) is 0.225. The van der Waals surface area contributed by atoms with Crippen molar-refractivity contribution in [3.8, 4) is 0 Å². The summed E-state index contributed by atoms with van der Waals surface area (Å²) in [6.07, 6.45) is 25.9. The summed E-state index contributed by atoms with van der Waals surface area (Å²) in [6.45, 7) is 0. The van der Waals surface area contributed by atoms with E-state index in [9.17, 15) is 0 Å². The molecule has 37 heavy (non-hydrogen) atoms. The summed E-state index contributed by atoms with van der Waals surface area (Å²) in [6, 6.07) is 18.8. The van der Waals surface area contributed by atoms with Crippen LogP contribution in [-0.2, 0) is 14.0 Å². The van der Waals surface area contributed by atoms with Crippen molar-refractivity contribution in [1.29, 1.82) is 0 Å². The van der Waals surface area contributed by atoms with Gasteiger partial charge in [0.25, 0.3) is 0 Å². The fourth-order valence-electron chi connectivity index (χ4n) is 7.33. The molecule has 4 aliphatic rings. The van der Waals surface area contributed by atoms with Gasteiger partial charge in [-0.05, 0) is 55.5 Å². The van der Waals surface area contributed by atoms with Crippen molar-refractivity contribution in [1.82, 2.24) is 0 Å². The second kappa shape index (κ2) is 14.4. The molecule has 1 atom stereocenters. The SMILES string of the molecule is C1CCC(P(C2CCCCC2)C2CCCCC2)CC1.[Cl][Ru]([Cl])[CH]1C=C(c2ccccc2)c2ccccc21. The van der Waals surface area contributed by atoms with Crippen molar-refractivity contribution in [2.24, 2.45) is 0 Å². The molecular formula is C33H44Cl2PRu. The molecule has 1 unspecified atom stereocenters. The molecule has 3 fully saturated rings. The summed E-state index contributed by atoms with van der Waals surface area (Å²) < 4.78 is 0.226. The molecule has 0 aliphatic heterocycles. The standard InChI is InChI=1S/C18H33P.C15H11.2ClH.Ru/c1-4-10-16(11-5-1)19(17-12-6-2-7-13-17)18-14-8-3-9-15-18;1-2-6-12(7-3-1)15-11-10-13-8-4-5-9-14(13)15;;;/h16-18H,1-15H2;1-11H;2*1H;/q;;;;+2/p-2. The van der Waals surface area contributed by atoms with Gasteiger partial charge in [0.15, 0.2) is 0 Å². The third-order valence-electron chi connectivity index (χ3n) is 9.09. The van der Waals surface area contributed by atoms with Gasteiger partial charge in [-0.1, -0.05) is 65.7 Å². The van der Waals surface area contributed by atoms with Crippen LogP contribution in [0.1, 0.15) is 118 Å². The molecule has 0 aromatic heterocycles. The van der Waals surface area contributed by atoms with E-state index in [0.717, 1.165) is 0 Å². The molecule has 0 N–H and O–H groups in total. The van der Waals surface area contributed by atoms with Crippen LogP contribution in [0.25, 0.3) is 5.57 Å². The third-order valence-corrected chi connectivity index (χ3v) is 16.8. The zero-order chi connectivity index (χ0) is 25.5. The Morgan fingerprint density at radius 2 is 1.03 bits per heavy atom. The molecule has 4 heteroatoms. The molecule has 0 heterocycles. The van der Waals surface area contributed by atoms with Gasteiger partial charge in [-0.15, -0.1) is 0 Å². The molecule has 203 valence electrons. The van der Waals surface area contributed by atoms with Gasteiger partial charge in [-0.25, -0.2) is 0 Å². The van der Waals surface area contributed by atoms with Crippen LogP contribution in [0.4, 0.5) is 0 Å². The van der Waals surface area contributed by atoms with Gasteiger partial charge >= 0.3 is 121 Å². The molecule has 6 rings (SSSR count). The second-order valence-corrected chi connectivity index (χ2v) is 20.8. The van der Waals surface area contributed by atoms with Gasteiger partial charge in [0.2, 0.25) is 0 Å².